The molecule has 0 atom stereocenters. The van der Waals surface area contributed by atoms with Gasteiger partial charge in [0.1, 0.15) is 0 Å². The summed E-state index contributed by atoms with van der Waals surface area (Å²) in [5, 5.41) is 4.28. The summed E-state index contributed by atoms with van der Waals surface area (Å²) in [4.78, 5) is 0. The van der Waals surface area contributed by atoms with Crippen LogP contribution in [0.2, 0.25) is 0 Å². The summed E-state index contributed by atoms with van der Waals surface area (Å²) in [7, 11) is 0. The van der Waals surface area contributed by atoms with Crippen molar-refractivity contribution in [3.63, 3.8) is 0 Å². The molecule has 2 rings (SSSR count). The first kappa shape index (κ1) is 13.8. The first-order valence-corrected chi connectivity index (χ1v) is 4.88. The van der Waals surface area contributed by atoms with Gasteiger partial charge in [-0.05, 0) is 15.7 Å². The van der Waals surface area contributed by atoms with Gasteiger partial charge in [-0.25, -0.2) is 0 Å². The number of hydrogen-bond acceptors (Lipinski definition) is 0. The average Bonchev–Trinajstić information content (AvgIpc) is 2.23. The van der Waals surface area contributed by atoms with Gasteiger partial charge in [-0.15, -0.1) is 6.07 Å². The molecule has 0 N–H and O–H groups in total. The molecule has 0 aliphatic carbocycles. The maximum absolute atomic E-state index is 4.02. The Bertz CT molecular complexity index is 671. The third kappa shape index (κ3) is 2.87. The number of rotatable bonds is 0. The standard InChI is InChI=1S/C15H13.K/c1-11-8-9-13(3)15(10-11)14-7-5-4-6-12(14)2;/h4-10H,1-3H2;/q-1;+1/b15-14-;. The Morgan fingerprint density at radius 2 is 1.44 bits per heavy atom. The van der Waals surface area contributed by atoms with Crippen LogP contribution in [0.4, 0.5) is 0 Å². The van der Waals surface area contributed by atoms with Crippen molar-refractivity contribution in [2.45, 2.75) is 0 Å². The second-order valence-corrected chi connectivity index (χ2v) is 3.65. The smallest absolute Gasteiger partial charge is 0.199 e. The summed E-state index contributed by atoms with van der Waals surface area (Å²) in [5.41, 5.74) is 1.00. The van der Waals surface area contributed by atoms with E-state index in [2.05, 4.69) is 26.1 Å². The fourth-order valence-corrected chi connectivity index (χ4v) is 1.66. The van der Waals surface area contributed by atoms with Crippen molar-refractivity contribution in [3.8, 4) is 0 Å². The third-order valence-electron chi connectivity index (χ3n) is 2.48. The second kappa shape index (κ2) is 5.85. The van der Waals surface area contributed by atoms with Crippen LogP contribution in [-0.4, -0.2) is 0 Å². The predicted octanol–water partition coefficient (Wildman–Crippen LogP) is -1.02. The van der Waals surface area contributed by atoms with Crippen molar-refractivity contribution in [1.29, 1.82) is 0 Å². The molecule has 1 heteroatoms. The van der Waals surface area contributed by atoms with Gasteiger partial charge in [-0.1, -0.05) is 42.6 Å². The van der Waals surface area contributed by atoms with Crippen molar-refractivity contribution < 1.29 is 51.4 Å². The van der Waals surface area contributed by atoms with Crippen LogP contribution in [0.3, 0.4) is 0 Å². The first-order chi connectivity index (χ1) is 7.18. The zero-order valence-electron chi connectivity index (χ0n) is 9.66. The molecule has 0 radical (unpaired) electrons. The van der Waals surface area contributed by atoms with Gasteiger partial charge in [0.05, 0.1) is 0 Å². The Hall–Kier alpha value is -0.314. The molecule has 2 aromatic rings. The summed E-state index contributed by atoms with van der Waals surface area (Å²) in [6, 6.07) is 14.1. The molecular formula is C15H13K. The van der Waals surface area contributed by atoms with E-state index in [0.717, 1.165) is 26.4 Å². The maximum atomic E-state index is 4.02. The van der Waals surface area contributed by atoms with Crippen LogP contribution in [0.15, 0.2) is 42.5 Å². The summed E-state index contributed by atoms with van der Waals surface area (Å²) in [6.45, 7) is 12.0. The Balaban J connectivity index is 0.00000128. The van der Waals surface area contributed by atoms with Gasteiger partial charge in [-0.2, -0.15) is 24.6 Å². The van der Waals surface area contributed by atoms with E-state index in [1.54, 1.807) is 0 Å². The Labute approximate surface area is 138 Å². The number of hydrogen-bond donors (Lipinski definition) is 0. The predicted molar refractivity (Wildman–Crippen MR) is 65.3 cm³/mol. The molecule has 0 saturated carbocycles. The first-order valence-electron chi connectivity index (χ1n) is 4.88. The van der Waals surface area contributed by atoms with E-state index >= 15 is 0 Å². The van der Waals surface area contributed by atoms with E-state index in [1.807, 2.05) is 36.4 Å². The molecule has 2 aromatic carbocycles. The molecular weight excluding hydrogens is 219 g/mol. The van der Waals surface area contributed by atoms with Crippen LogP contribution in [0.5, 0.6) is 0 Å². The molecule has 0 fully saturated rings. The van der Waals surface area contributed by atoms with Gasteiger partial charge >= 0.3 is 51.4 Å². The fraction of sp³-hybridized carbons (Fsp3) is 0. The van der Waals surface area contributed by atoms with Crippen molar-refractivity contribution in [3.05, 3.63) is 75.8 Å². The van der Waals surface area contributed by atoms with Gasteiger partial charge in [0.25, 0.3) is 0 Å². The minimum atomic E-state index is 0. The Kier molecular flexibility index (Phi) is 5.03. The van der Waals surface area contributed by atoms with Crippen molar-refractivity contribution in [1.82, 2.24) is 0 Å². The molecule has 74 valence electrons. The van der Waals surface area contributed by atoms with Crippen molar-refractivity contribution in [2.75, 3.05) is 0 Å². The molecule has 0 aromatic heterocycles. The third-order valence-corrected chi connectivity index (χ3v) is 2.48. The molecule has 16 heavy (non-hydrogen) atoms. The van der Waals surface area contributed by atoms with Crippen LogP contribution in [0, 0.1) is 17.4 Å². The van der Waals surface area contributed by atoms with E-state index < -0.39 is 0 Å². The quantitative estimate of drug-likeness (QED) is 0.403. The van der Waals surface area contributed by atoms with E-state index in [0.29, 0.717) is 0 Å². The Morgan fingerprint density at radius 1 is 0.812 bits per heavy atom. The van der Waals surface area contributed by atoms with Gasteiger partial charge in [0.2, 0.25) is 0 Å². The summed E-state index contributed by atoms with van der Waals surface area (Å²) in [5.74, 6) is 0. The molecule has 0 amide bonds. The van der Waals surface area contributed by atoms with Crippen LogP contribution >= 0.6 is 0 Å². The van der Waals surface area contributed by atoms with Crippen molar-refractivity contribution >= 4 is 13.2 Å². The molecule has 0 bridgehead atoms. The van der Waals surface area contributed by atoms with Gasteiger partial charge in [0.15, 0.2) is 0 Å². The van der Waals surface area contributed by atoms with Crippen molar-refractivity contribution in [2.24, 2.45) is 0 Å². The largest absolute Gasteiger partial charge is 1.00 e. The van der Waals surface area contributed by atoms with Gasteiger partial charge < -0.3 is 0 Å². The SMILES string of the molecule is C=c1cccc/c1=c1\cc([CH2-])ccc1=C.[K+]. The minimum absolute atomic E-state index is 0. The second-order valence-electron chi connectivity index (χ2n) is 3.65. The molecule has 0 aliphatic heterocycles. The monoisotopic (exact) mass is 232 g/mol. The van der Waals surface area contributed by atoms with E-state index in [4.69, 9.17) is 0 Å². The topological polar surface area (TPSA) is 0 Å². The molecule has 0 heterocycles. The Morgan fingerprint density at radius 3 is 2.12 bits per heavy atom. The zero-order valence-corrected chi connectivity index (χ0v) is 12.8. The average molecular weight is 232 g/mol. The zero-order chi connectivity index (χ0) is 10.8. The summed E-state index contributed by atoms with van der Waals surface area (Å²) >= 11 is 0. The molecule has 0 nitrogen and oxygen atoms in total. The normalized spacial score (nSPS) is 11.8. The van der Waals surface area contributed by atoms with Gasteiger partial charge in [0, 0.05) is 0 Å². The van der Waals surface area contributed by atoms with Crippen LogP contribution in [0.1, 0.15) is 5.56 Å². The summed E-state index contributed by atoms with van der Waals surface area (Å²) < 4.78 is 0. The van der Waals surface area contributed by atoms with Crippen LogP contribution in [0.25, 0.3) is 13.2 Å². The van der Waals surface area contributed by atoms with Crippen LogP contribution < -0.4 is 61.8 Å². The minimum Gasteiger partial charge on any atom is -0.199 e. The fourth-order valence-electron chi connectivity index (χ4n) is 1.66. The molecule has 0 aliphatic rings. The van der Waals surface area contributed by atoms with E-state index in [9.17, 15) is 0 Å². The molecule has 0 saturated heterocycles. The number of benzene rings is 2. The van der Waals surface area contributed by atoms with E-state index in [-0.39, 0.29) is 51.4 Å². The maximum Gasteiger partial charge on any atom is 1.00 e. The van der Waals surface area contributed by atoms with Crippen LogP contribution in [-0.2, 0) is 0 Å². The van der Waals surface area contributed by atoms with E-state index in [1.165, 1.54) is 0 Å². The van der Waals surface area contributed by atoms with Gasteiger partial charge in [-0.3, -0.25) is 0 Å². The molecule has 0 spiro atoms. The summed E-state index contributed by atoms with van der Waals surface area (Å²) in [6.07, 6.45) is 0. The molecule has 0 unspecified atom stereocenters.